The van der Waals surface area contributed by atoms with Crippen molar-refractivity contribution in [3.8, 4) is 5.75 Å². The van der Waals surface area contributed by atoms with Crippen LogP contribution in [0.5, 0.6) is 5.75 Å². The Bertz CT molecular complexity index is 1320. The van der Waals surface area contributed by atoms with Crippen LogP contribution in [0.1, 0.15) is 22.3 Å². The fourth-order valence-electron chi connectivity index (χ4n) is 3.42. The van der Waals surface area contributed by atoms with Crippen molar-refractivity contribution >= 4 is 52.2 Å². The van der Waals surface area contributed by atoms with Gasteiger partial charge in [0.15, 0.2) is 6.61 Å². The molecule has 8 heteroatoms. The van der Waals surface area contributed by atoms with Crippen LogP contribution >= 0.6 is 23.4 Å². The van der Waals surface area contributed by atoms with Gasteiger partial charge in [0.2, 0.25) is 0 Å². The van der Waals surface area contributed by atoms with Gasteiger partial charge in [-0.1, -0.05) is 54.1 Å². The first-order valence-corrected chi connectivity index (χ1v) is 12.1. The van der Waals surface area contributed by atoms with Gasteiger partial charge in [0.1, 0.15) is 5.75 Å². The van der Waals surface area contributed by atoms with Gasteiger partial charge in [-0.3, -0.25) is 19.3 Å². The van der Waals surface area contributed by atoms with Crippen LogP contribution in [0, 0.1) is 13.8 Å². The summed E-state index contributed by atoms with van der Waals surface area (Å²) >= 11 is 7.01. The van der Waals surface area contributed by atoms with Crippen LogP contribution in [-0.2, 0) is 16.1 Å². The first-order valence-electron chi connectivity index (χ1n) is 10.9. The molecule has 4 rings (SSSR count). The van der Waals surface area contributed by atoms with Crippen molar-refractivity contribution in [1.82, 2.24) is 4.90 Å². The topological polar surface area (TPSA) is 75.7 Å². The van der Waals surface area contributed by atoms with Crippen LogP contribution in [0.15, 0.2) is 71.6 Å². The molecular formula is C27H23ClN2O4S. The number of anilines is 1. The minimum atomic E-state index is -0.309. The van der Waals surface area contributed by atoms with E-state index < -0.39 is 0 Å². The number of aryl methyl sites for hydroxylation is 2. The summed E-state index contributed by atoms with van der Waals surface area (Å²) in [6.07, 6.45) is 1.68. The molecule has 1 N–H and O–H groups in total. The monoisotopic (exact) mass is 506 g/mol. The van der Waals surface area contributed by atoms with E-state index in [2.05, 4.69) is 5.32 Å². The van der Waals surface area contributed by atoms with Crippen molar-refractivity contribution in [2.24, 2.45) is 0 Å². The molecule has 6 nitrogen and oxygen atoms in total. The molecule has 1 heterocycles. The van der Waals surface area contributed by atoms with E-state index in [1.165, 1.54) is 4.90 Å². The van der Waals surface area contributed by atoms with Crippen LogP contribution in [0.25, 0.3) is 6.08 Å². The minimum Gasteiger partial charge on any atom is -0.484 e. The van der Waals surface area contributed by atoms with E-state index in [9.17, 15) is 14.4 Å². The zero-order valence-corrected chi connectivity index (χ0v) is 20.8. The molecular weight excluding hydrogens is 484 g/mol. The predicted molar refractivity (Wildman–Crippen MR) is 139 cm³/mol. The summed E-state index contributed by atoms with van der Waals surface area (Å²) in [6.45, 7) is 3.92. The molecule has 0 atom stereocenters. The number of carbonyl (C=O) groups is 3. The van der Waals surface area contributed by atoms with E-state index in [4.69, 9.17) is 16.3 Å². The predicted octanol–water partition coefficient (Wildman–Crippen LogP) is 6.21. The number of rotatable bonds is 7. The largest absolute Gasteiger partial charge is 0.484 e. The van der Waals surface area contributed by atoms with Crippen LogP contribution < -0.4 is 10.1 Å². The standard InChI is InChI=1S/C27H23ClN2O4S/c1-17-5-3-4-6-20(17)15-30-26(32)24(35-27(30)33)13-19-8-11-22(12-9-19)34-16-25(31)29-21-10-7-18(2)23(28)14-21/h3-14H,15-16H2,1-2H3,(H,29,31)/b24-13-. The number of imide groups is 1. The summed E-state index contributed by atoms with van der Waals surface area (Å²) in [7, 11) is 0. The molecule has 0 aromatic heterocycles. The molecule has 0 aliphatic carbocycles. The van der Waals surface area contributed by atoms with Crippen molar-refractivity contribution in [2.75, 3.05) is 11.9 Å². The van der Waals surface area contributed by atoms with E-state index in [0.717, 1.165) is 34.0 Å². The number of hydrogen-bond donors (Lipinski definition) is 1. The van der Waals surface area contributed by atoms with E-state index in [-0.39, 0.29) is 30.2 Å². The number of nitrogens with zero attached hydrogens (tertiary/aromatic N) is 1. The van der Waals surface area contributed by atoms with E-state index in [0.29, 0.717) is 21.4 Å². The van der Waals surface area contributed by atoms with E-state index in [1.54, 1.807) is 42.5 Å². The average Bonchev–Trinajstić information content (AvgIpc) is 3.09. The summed E-state index contributed by atoms with van der Waals surface area (Å²) in [6, 6.07) is 19.9. The Morgan fingerprint density at radius 1 is 1.03 bits per heavy atom. The number of carbonyl (C=O) groups excluding carboxylic acids is 3. The lowest BCUT2D eigenvalue weighted by molar-refractivity contribution is -0.123. The van der Waals surface area contributed by atoms with Crippen molar-refractivity contribution in [3.63, 3.8) is 0 Å². The van der Waals surface area contributed by atoms with Gasteiger partial charge in [0.05, 0.1) is 11.4 Å². The van der Waals surface area contributed by atoms with Gasteiger partial charge in [-0.2, -0.15) is 0 Å². The fourth-order valence-corrected chi connectivity index (χ4v) is 4.44. The summed E-state index contributed by atoms with van der Waals surface area (Å²) in [5, 5.41) is 3.03. The van der Waals surface area contributed by atoms with Crippen LogP contribution in [0.4, 0.5) is 10.5 Å². The lowest BCUT2D eigenvalue weighted by Gasteiger charge is -2.14. The molecule has 3 aromatic rings. The molecule has 1 aliphatic rings. The lowest BCUT2D eigenvalue weighted by Crippen LogP contribution is -2.27. The Morgan fingerprint density at radius 3 is 2.49 bits per heavy atom. The van der Waals surface area contributed by atoms with Gasteiger partial charge < -0.3 is 10.1 Å². The van der Waals surface area contributed by atoms with Crippen molar-refractivity contribution < 1.29 is 19.1 Å². The number of benzene rings is 3. The molecule has 1 fully saturated rings. The van der Waals surface area contributed by atoms with E-state index >= 15 is 0 Å². The summed E-state index contributed by atoms with van der Waals surface area (Å²) in [5.74, 6) is -0.111. The molecule has 1 saturated heterocycles. The van der Waals surface area contributed by atoms with Crippen molar-refractivity contribution in [2.45, 2.75) is 20.4 Å². The highest BCUT2D eigenvalue weighted by Crippen LogP contribution is 2.33. The summed E-state index contributed by atoms with van der Waals surface area (Å²) in [5.41, 5.74) is 4.24. The molecule has 0 unspecified atom stereocenters. The zero-order valence-electron chi connectivity index (χ0n) is 19.2. The maximum Gasteiger partial charge on any atom is 0.293 e. The maximum atomic E-state index is 12.8. The highest BCUT2D eigenvalue weighted by atomic mass is 35.5. The number of halogens is 1. The number of ether oxygens (including phenoxy) is 1. The van der Waals surface area contributed by atoms with Gasteiger partial charge in [-0.15, -0.1) is 0 Å². The van der Waals surface area contributed by atoms with E-state index in [1.807, 2.05) is 44.2 Å². The second-order valence-electron chi connectivity index (χ2n) is 8.06. The van der Waals surface area contributed by atoms with Crippen LogP contribution in [0.2, 0.25) is 5.02 Å². The lowest BCUT2D eigenvalue weighted by atomic mass is 10.1. The normalized spacial score (nSPS) is 14.5. The molecule has 3 amide bonds. The van der Waals surface area contributed by atoms with Crippen LogP contribution in [0.3, 0.4) is 0 Å². The first-order chi connectivity index (χ1) is 16.8. The molecule has 3 aromatic carbocycles. The quantitative estimate of drug-likeness (QED) is 0.385. The van der Waals surface area contributed by atoms with Gasteiger partial charge in [-0.05, 0) is 78.2 Å². The fraction of sp³-hybridized carbons (Fsp3) is 0.148. The summed E-state index contributed by atoms with van der Waals surface area (Å²) < 4.78 is 5.55. The summed E-state index contributed by atoms with van der Waals surface area (Å²) in [4.78, 5) is 39.0. The van der Waals surface area contributed by atoms with Crippen LogP contribution in [-0.4, -0.2) is 28.6 Å². The Hall–Kier alpha value is -3.55. The maximum absolute atomic E-state index is 12.8. The highest BCUT2D eigenvalue weighted by molar-refractivity contribution is 8.18. The van der Waals surface area contributed by atoms with Gasteiger partial charge >= 0.3 is 0 Å². The van der Waals surface area contributed by atoms with Gasteiger partial charge in [0, 0.05) is 10.7 Å². The molecule has 1 aliphatic heterocycles. The molecule has 0 saturated carbocycles. The Kier molecular flexibility index (Phi) is 7.58. The Balaban J connectivity index is 1.34. The Labute approximate surface area is 212 Å². The molecule has 0 spiro atoms. The van der Waals surface area contributed by atoms with Crippen molar-refractivity contribution in [3.05, 3.63) is 98.9 Å². The third-order valence-electron chi connectivity index (χ3n) is 5.47. The molecule has 35 heavy (non-hydrogen) atoms. The zero-order chi connectivity index (χ0) is 24.9. The number of nitrogens with one attached hydrogen (secondary N) is 1. The smallest absolute Gasteiger partial charge is 0.293 e. The highest BCUT2D eigenvalue weighted by Gasteiger charge is 2.35. The van der Waals surface area contributed by atoms with Crippen molar-refractivity contribution in [1.29, 1.82) is 0 Å². The average molecular weight is 507 g/mol. The first kappa shape index (κ1) is 24.6. The third-order valence-corrected chi connectivity index (χ3v) is 6.78. The Morgan fingerprint density at radius 2 is 1.77 bits per heavy atom. The second-order valence-corrected chi connectivity index (χ2v) is 9.46. The SMILES string of the molecule is Cc1ccc(NC(=O)COc2ccc(/C=C3\SC(=O)N(Cc4ccccc4C)C3=O)cc2)cc1Cl. The van der Waals surface area contributed by atoms with Gasteiger partial charge in [0.25, 0.3) is 17.1 Å². The molecule has 0 bridgehead atoms. The number of hydrogen-bond acceptors (Lipinski definition) is 5. The molecule has 178 valence electrons. The minimum absolute atomic E-state index is 0.164. The number of thioether (sulfide) groups is 1. The second kappa shape index (κ2) is 10.8. The van der Waals surface area contributed by atoms with Gasteiger partial charge in [-0.25, -0.2) is 0 Å². The third kappa shape index (κ3) is 6.12. The molecule has 0 radical (unpaired) electrons. The number of amides is 3.